The van der Waals surface area contributed by atoms with Gasteiger partial charge in [-0.15, -0.1) is 0 Å². The van der Waals surface area contributed by atoms with Gasteiger partial charge in [0.2, 0.25) is 5.91 Å². The minimum Gasteiger partial charge on any atom is -0.460 e. The summed E-state index contributed by atoms with van der Waals surface area (Å²) in [5, 5.41) is 2.31. The number of halogens is 1. The fourth-order valence-electron chi connectivity index (χ4n) is 2.42. The molecule has 0 saturated heterocycles. The highest BCUT2D eigenvalue weighted by Crippen LogP contribution is 2.12. The van der Waals surface area contributed by atoms with Gasteiger partial charge in [-0.25, -0.2) is 5.06 Å². The number of rotatable bonds is 12. The Hall–Kier alpha value is -1.40. The largest absolute Gasteiger partial charge is 0.460 e. The van der Waals surface area contributed by atoms with E-state index >= 15 is 0 Å². The van der Waals surface area contributed by atoms with E-state index in [9.17, 15) is 9.59 Å². The van der Waals surface area contributed by atoms with Gasteiger partial charge in [0.25, 0.3) is 0 Å². The molecule has 1 rings (SSSR count). The highest BCUT2D eigenvalue weighted by molar-refractivity contribution is 9.09. The van der Waals surface area contributed by atoms with Crippen LogP contribution in [0.5, 0.6) is 0 Å². The summed E-state index contributed by atoms with van der Waals surface area (Å²) in [5.74, 6) is -0.422. The first-order valence-electron chi connectivity index (χ1n) is 9.57. The fraction of sp³-hybridized carbons (Fsp3) is 0.619. The van der Waals surface area contributed by atoms with Gasteiger partial charge in [0.15, 0.2) is 0 Å². The Labute approximate surface area is 171 Å². The first kappa shape index (κ1) is 23.6. The molecule has 5 nitrogen and oxygen atoms in total. The third-order valence-electron chi connectivity index (χ3n) is 3.72. The minimum atomic E-state index is -0.535. The summed E-state index contributed by atoms with van der Waals surface area (Å²) >= 11 is 3.41. The number of alkyl halides is 1. The van der Waals surface area contributed by atoms with Crippen LogP contribution in [0.25, 0.3) is 0 Å². The van der Waals surface area contributed by atoms with Gasteiger partial charge in [-0.3, -0.25) is 14.4 Å². The minimum absolute atomic E-state index is 0.0895. The second kappa shape index (κ2) is 12.9. The Morgan fingerprint density at radius 1 is 1.00 bits per heavy atom. The van der Waals surface area contributed by atoms with Crippen LogP contribution >= 0.6 is 15.9 Å². The molecule has 27 heavy (non-hydrogen) atoms. The van der Waals surface area contributed by atoms with Crippen molar-refractivity contribution in [1.29, 1.82) is 0 Å². The fourth-order valence-corrected chi connectivity index (χ4v) is 2.82. The van der Waals surface area contributed by atoms with E-state index in [0.717, 1.165) is 36.6 Å². The summed E-state index contributed by atoms with van der Waals surface area (Å²) in [6, 6.07) is 9.67. The summed E-state index contributed by atoms with van der Waals surface area (Å²) in [6.07, 6.45) is 4.58. The molecule has 0 unspecified atom stereocenters. The molecule has 1 amide bonds. The molecule has 0 bridgehead atoms. The maximum Gasteiger partial charge on any atom is 0.308 e. The zero-order chi connectivity index (χ0) is 20.1. The molecule has 0 saturated carbocycles. The number of esters is 1. The van der Waals surface area contributed by atoms with Gasteiger partial charge in [-0.1, -0.05) is 59.1 Å². The number of carbonyl (C=O) groups excluding carboxylic acids is 2. The highest BCUT2D eigenvalue weighted by atomic mass is 79.9. The number of hydrogen-bond acceptors (Lipinski definition) is 4. The molecule has 6 heteroatoms. The molecule has 0 atom stereocenters. The summed E-state index contributed by atoms with van der Waals surface area (Å²) in [6.45, 7) is 5.97. The molecule has 0 heterocycles. The van der Waals surface area contributed by atoms with Crippen molar-refractivity contribution in [3.8, 4) is 0 Å². The second-order valence-electron chi connectivity index (χ2n) is 7.44. The monoisotopic (exact) mass is 441 g/mol. The van der Waals surface area contributed by atoms with Crippen LogP contribution in [0.2, 0.25) is 0 Å². The SMILES string of the molecule is CC(C)(C)OC(=O)CCN(OCc1ccccc1)C(=O)CCCCCCBr. The van der Waals surface area contributed by atoms with E-state index in [1.807, 2.05) is 51.1 Å². The quantitative estimate of drug-likeness (QED) is 0.197. The van der Waals surface area contributed by atoms with Crippen LogP contribution < -0.4 is 0 Å². The molecule has 1 aromatic rings. The molecule has 0 aliphatic carbocycles. The molecule has 0 radical (unpaired) electrons. The molecular weight excluding hydrogens is 410 g/mol. The topological polar surface area (TPSA) is 55.8 Å². The van der Waals surface area contributed by atoms with E-state index in [4.69, 9.17) is 9.57 Å². The first-order valence-corrected chi connectivity index (χ1v) is 10.7. The van der Waals surface area contributed by atoms with Crippen LogP contribution in [0.15, 0.2) is 30.3 Å². The van der Waals surface area contributed by atoms with Crippen molar-refractivity contribution in [2.45, 2.75) is 71.5 Å². The van der Waals surface area contributed by atoms with Gasteiger partial charge in [-0.2, -0.15) is 0 Å². The molecule has 152 valence electrons. The Balaban J connectivity index is 2.53. The van der Waals surface area contributed by atoms with Gasteiger partial charge in [0, 0.05) is 11.8 Å². The van der Waals surface area contributed by atoms with Crippen LogP contribution in [-0.2, 0) is 25.8 Å². The standard InChI is InChI=1S/C21H32BrNO4/c1-21(2,3)27-20(25)14-16-23(19(24)13-9-4-5-10-15-22)26-17-18-11-7-6-8-12-18/h6-8,11-12H,4-5,9-10,13-17H2,1-3H3. The normalized spacial score (nSPS) is 11.3. The number of amides is 1. The molecule has 1 aromatic carbocycles. The lowest BCUT2D eigenvalue weighted by atomic mass is 10.1. The molecule has 0 aliphatic heterocycles. The van der Waals surface area contributed by atoms with Crippen molar-refractivity contribution in [2.75, 3.05) is 11.9 Å². The zero-order valence-corrected chi connectivity index (χ0v) is 18.3. The molecule has 0 fully saturated rings. The van der Waals surface area contributed by atoms with Crippen LogP contribution in [0.1, 0.15) is 64.9 Å². The summed E-state index contributed by atoms with van der Waals surface area (Å²) < 4.78 is 5.32. The predicted octanol–water partition coefficient (Wildman–Crippen LogP) is 5.02. The number of hydroxylamine groups is 2. The van der Waals surface area contributed by atoms with Crippen LogP contribution in [0.3, 0.4) is 0 Å². The second-order valence-corrected chi connectivity index (χ2v) is 8.24. The Bertz CT molecular complexity index is 557. The smallest absolute Gasteiger partial charge is 0.308 e. The Morgan fingerprint density at radius 3 is 2.30 bits per heavy atom. The zero-order valence-electron chi connectivity index (χ0n) is 16.7. The summed E-state index contributed by atoms with van der Waals surface area (Å²) in [7, 11) is 0. The van der Waals surface area contributed by atoms with Gasteiger partial charge < -0.3 is 4.74 Å². The number of carbonyl (C=O) groups is 2. The predicted molar refractivity (Wildman–Crippen MR) is 110 cm³/mol. The Morgan fingerprint density at radius 2 is 1.67 bits per heavy atom. The average Bonchev–Trinajstić information content (AvgIpc) is 2.60. The van der Waals surface area contributed by atoms with Crippen molar-refractivity contribution in [1.82, 2.24) is 5.06 Å². The van der Waals surface area contributed by atoms with Crippen molar-refractivity contribution >= 4 is 27.8 Å². The van der Waals surface area contributed by atoms with Gasteiger partial charge in [0.1, 0.15) is 12.2 Å². The average molecular weight is 442 g/mol. The number of hydrogen-bond donors (Lipinski definition) is 0. The third kappa shape index (κ3) is 11.8. The van der Waals surface area contributed by atoms with Crippen molar-refractivity contribution < 1.29 is 19.2 Å². The summed E-state index contributed by atoms with van der Waals surface area (Å²) in [4.78, 5) is 30.2. The highest BCUT2D eigenvalue weighted by Gasteiger charge is 2.20. The van der Waals surface area contributed by atoms with Gasteiger partial charge in [-0.05, 0) is 39.2 Å². The number of unbranched alkanes of at least 4 members (excludes halogenated alkanes) is 3. The van der Waals surface area contributed by atoms with Crippen LogP contribution in [0, 0.1) is 0 Å². The van der Waals surface area contributed by atoms with E-state index in [-0.39, 0.29) is 24.8 Å². The molecule has 0 spiro atoms. The molecular formula is C21H32BrNO4. The van der Waals surface area contributed by atoms with E-state index in [2.05, 4.69) is 15.9 Å². The van der Waals surface area contributed by atoms with Crippen LogP contribution in [0.4, 0.5) is 0 Å². The Kier molecular flexibility index (Phi) is 11.3. The first-order chi connectivity index (χ1) is 12.8. The molecule has 0 aliphatic rings. The van der Waals surface area contributed by atoms with E-state index in [1.165, 1.54) is 5.06 Å². The lowest BCUT2D eigenvalue weighted by molar-refractivity contribution is -0.194. The van der Waals surface area contributed by atoms with Crippen molar-refractivity contribution in [3.63, 3.8) is 0 Å². The van der Waals surface area contributed by atoms with Crippen molar-refractivity contribution in [3.05, 3.63) is 35.9 Å². The number of nitrogens with zero attached hydrogens (tertiary/aromatic N) is 1. The van der Waals surface area contributed by atoms with Crippen molar-refractivity contribution in [2.24, 2.45) is 0 Å². The van der Waals surface area contributed by atoms with Gasteiger partial charge >= 0.3 is 5.97 Å². The molecule has 0 aromatic heterocycles. The van der Waals surface area contributed by atoms with Gasteiger partial charge in [0.05, 0.1) is 13.0 Å². The molecule has 0 N–H and O–H groups in total. The third-order valence-corrected chi connectivity index (χ3v) is 4.28. The van der Waals surface area contributed by atoms with E-state index in [0.29, 0.717) is 13.0 Å². The van der Waals surface area contributed by atoms with Crippen LogP contribution in [-0.4, -0.2) is 34.4 Å². The van der Waals surface area contributed by atoms with E-state index in [1.54, 1.807) is 0 Å². The maximum atomic E-state index is 12.5. The lowest BCUT2D eigenvalue weighted by Gasteiger charge is -2.23. The van der Waals surface area contributed by atoms with E-state index < -0.39 is 5.60 Å². The maximum absolute atomic E-state index is 12.5. The lowest BCUT2D eigenvalue weighted by Crippen LogP contribution is -2.34. The number of ether oxygens (including phenoxy) is 1. The number of benzene rings is 1. The summed E-state index contributed by atoms with van der Waals surface area (Å²) in [5.41, 5.74) is 0.441.